The van der Waals surface area contributed by atoms with Gasteiger partial charge in [0.2, 0.25) is 0 Å². The topological polar surface area (TPSA) is 29.5 Å². The highest BCUT2D eigenvalue weighted by atomic mass is 16.5. The molecule has 0 amide bonds. The van der Waals surface area contributed by atoms with Crippen LogP contribution in [0.5, 0.6) is 0 Å². The molecule has 2 rings (SSSR count). The second kappa shape index (κ2) is 4.34. The number of carbonyl (C=O) groups is 1. The number of anilines is 1. The molecule has 0 atom stereocenters. The van der Waals surface area contributed by atoms with Crippen molar-refractivity contribution in [1.29, 1.82) is 0 Å². The number of benzene rings is 1. The molecule has 3 nitrogen and oxygen atoms in total. The van der Waals surface area contributed by atoms with Crippen molar-refractivity contribution >= 4 is 11.7 Å². The normalized spacial score (nSPS) is 15.4. The minimum atomic E-state index is -0.268. The summed E-state index contributed by atoms with van der Waals surface area (Å²) in [5.41, 5.74) is 1.75. The quantitative estimate of drug-likeness (QED) is 0.692. The van der Waals surface area contributed by atoms with Crippen LogP contribution in [-0.4, -0.2) is 26.2 Å². The third-order valence-corrected chi connectivity index (χ3v) is 2.74. The largest absolute Gasteiger partial charge is 0.465 e. The van der Waals surface area contributed by atoms with Crippen molar-refractivity contribution in [3.63, 3.8) is 0 Å². The van der Waals surface area contributed by atoms with Crippen LogP contribution in [0.2, 0.25) is 0 Å². The first-order valence-electron chi connectivity index (χ1n) is 5.24. The average molecular weight is 205 g/mol. The summed E-state index contributed by atoms with van der Waals surface area (Å²) in [6, 6.07) is 7.63. The van der Waals surface area contributed by atoms with Gasteiger partial charge >= 0.3 is 5.97 Å². The van der Waals surface area contributed by atoms with E-state index in [2.05, 4.69) is 4.90 Å². The molecular weight excluding hydrogens is 190 g/mol. The molecule has 80 valence electrons. The molecule has 0 bridgehead atoms. The molecular formula is C12H15NO2. The van der Waals surface area contributed by atoms with Gasteiger partial charge in [0.05, 0.1) is 12.7 Å². The van der Waals surface area contributed by atoms with Crippen molar-refractivity contribution < 1.29 is 9.53 Å². The lowest BCUT2D eigenvalue weighted by Gasteiger charge is -2.17. The number of esters is 1. The molecule has 1 heterocycles. The first-order valence-corrected chi connectivity index (χ1v) is 5.24. The Kier molecular flexibility index (Phi) is 2.90. The van der Waals surface area contributed by atoms with E-state index in [1.807, 2.05) is 18.2 Å². The molecule has 1 aliphatic heterocycles. The summed E-state index contributed by atoms with van der Waals surface area (Å²) < 4.78 is 4.70. The SMILES string of the molecule is COC(=O)c1cccc(N2CCCC2)c1. The number of hydrogen-bond acceptors (Lipinski definition) is 3. The lowest BCUT2D eigenvalue weighted by molar-refractivity contribution is 0.0601. The molecule has 0 unspecified atom stereocenters. The first-order chi connectivity index (χ1) is 7.31. The van der Waals surface area contributed by atoms with Crippen LogP contribution in [0.4, 0.5) is 5.69 Å². The Morgan fingerprint density at radius 3 is 2.73 bits per heavy atom. The highest BCUT2D eigenvalue weighted by Gasteiger charge is 2.13. The smallest absolute Gasteiger partial charge is 0.337 e. The summed E-state index contributed by atoms with van der Waals surface area (Å²) in [5, 5.41) is 0. The Hall–Kier alpha value is -1.51. The Morgan fingerprint density at radius 1 is 1.33 bits per heavy atom. The standard InChI is InChI=1S/C12H15NO2/c1-15-12(14)10-5-4-6-11(9-10)13-7-2-3-8-13/h4-6,9H,2-3,7-8H2,1H3. The third-order valence-electron chi connectivity index (χ3n) is 2.74. The molecule has 0 aromatic heterocycles. The van der Waals surface area contributed by atoms with Crippen LogP contribution in [0.3, 0.4) is 0 Å². The van der Waals surface area contributed by atoms with Gasteiger partial charge in [-0.1, -0.05) is 6.07 Å². The zero-order chi connectivity index (χ0) is 10.7. The maximum Gasteiger partial charge on any atom is 0.337 e. The van der Waals surface area contributed by atoms with Crippen LogP contribution in [0.1, 0.15) is 23.2 Å². The van der Waals surface area contributed by atoms with Gasteiger partial charge in [-0.25, -0.2) is 4.79 Å². The van der Waals surface area contributed by atoms with Gasteiger partial charge in [-0.05, 0) is 31.0 Å². The average Bonchev–Trinajstić information content (AvgIpc) is 2.82. The maximum absolute atomic E-state index is 11.3. The van der Waals surface area contributed by atoms with E-state index < -0.39 is 0 Å². The van der Waals surface area contributed by atoms with Crippen LogP contribution in [-0.2, 0) is 4.74 Å². The summed E-state index contributed by atoms with van der Waals surface area (Å²) in [6.45, 7) is 2.18. The molecule has 1 aliphatic rings. The Balaban J connectivity index is 2.21. The van der Waals surface area contributed by atoms with Gasteiger partial charge in [0.15, 0.2) is 0 Å². The van der Waals surface area contributed by atoms with Crippen molar-refractivity contribution in [2.45, 2.75) is 12.8 Å². The van der Waals surface area contributed by atoms with E-state index in [1.165, 1.54) is 20.0 Å². The van der Waals surface area contributed by atoms with E-state index in [9.17, 15) is 4.79 Å². The second-order valence-electron chi connectivity index (χ2n) is 3.74. The molecule has 3 heteroatoms. The summed E-state index contributed by atoms with van der Waals surface area (Å²) in [6.07, 6.45) is 2.48. The van der Waals surface area contributed by atoms with Crippen LogP contribution >= 0.6 is 0 Å². The minimum absolute atomic E-state index is 0.268. The number of methoxy groups -OCH3 is 1. The van der Waals surface area contributed by atoms with Crippen molar-refractivity contribution in [2.24, 2.45) is 0 Å². The van der Waals surface area contributed by atoms with Gasteiger partial charge < -0.3 is 9.64 Å². The summed E-state index contributed by atoms with van der Waals surface area (Å²) in [4.78, 5) is 13.6. The molecule has 0 N–H and O–H groups in total. The van der Waals surface area contributed by atoms with E-state index >= 15 is 0 Å². The Bertz CT molecular complexity index is 356. The predicted octanol–water partition coefficient (Wildman–Crippen LogP) is 2.07. The Morgan fingerprint density at radius 2 is 2.07 bits per heavy atom. The summed E-state index contributed by atoms with van der Waals surface area (Å²) in [5.74, 6) is -0.268. The number of rotatable bonds is 2. The zero-order valence-corrected chi connectivity index (χ0v) is 8.90. The van der Waals surface area contributed by atoms with E-state index in [4.69, 9.17) is 4.74 Å². The first kappa shape index (κ1) is 10.0. The summed E-state index contributed by atoms with van der Waals surface area (Å²) >= 11 is 0. The third kappa shape index (κ3) is 2.12. The van der Waals surface area contributed by atoms with Crippen molar-refractivity contribution in [1.82, 2.24) is 0 Å². The molecule has 1 aromatic rings. The molecule has 1 fully saturated rings. The monoisotopic (exact) mass is 205 g/mol. The highest BCUT2D eigenvalue weighted by molar-refractivity contribution is 5.90. The lowest BCUT2D eigenvalue weighted by atomic mass is 10.2. The van der Waals surface area contributed by atoms with Gasteiger partial charge in [0.1, 0.15) is 0 Å². The molecule has 0 radical (unpaired) electrons. The van der Waals surface area contributed by atoms with E-state index in [1.54, 1.807) is 6.07 Å². The van der Waals surface area contributed by atoms with Crippen LogP contribution in [0.15, 0.2) is 24.3 Å². The van der Waals surface area contributed by atoms with E-state index in [-0.39, 0.29) is 5.97 Å². The molecule has 0 saturated carbocycles. The molecule has 1 saturated heterocycles. The number of carbonyl (C=O) groups excluding carboxylic acids is 1. The van der Waals surface area contributed by atoms with Gasteiger partial charge in [-0.3, -0.25) is 0 Å². The Labute approximate surface area is 89.7 Å². The van der Waals surface area contributed by atoms with Gasteiger partial charge in [0.25, 0.3) is 0 Å². The van der Waals surface area contributed by atoms with Crippen LogP contribution in [0, 0.1) is 0 Å². The molecule has 0 aliphatic carbocycles. The van der Waals surface area contributed by atoms with Gasteiger partial charge in [0, 0.05) is 18.8 Å². The number of hydrogen-bond donors (Lipinski definition) is 0. The van der Waals surface area contributed by atoms with E-state index in [0.717, 1.165) is 18.8 Å². The predicted molar refractivity (Wildman–Crippen MR) is 59.2 cm³/mol. The number of nitrogens with zero attached hydrogens (tertiary/aromatic N) is 1. The van der Waals surface area contributed by atoms with Crippen LogP contribution < -0.4 is 4.90 Å². The number of ether oxygens (including phenoxy) is 1. The van der Waals surface area contributed by atoms with Gasteiger partial charge in [-0.15, -0.1) is 0 Å². The van der Waals surface area contributed by atoms with Crippen LogP contribution in [0.25, 0.3) is 0 Å². The molecule has 15 heavy (non-hydrogen) atoms. The lowest BCUT2D eigenvalue weighted by Crippen LogP contribution is -2.18. The highest BCUT2D eigenvalue weighted by Crippen LogP contribution is 2.21. The molecule has 0 spiro atoms. The molecule has 1 aromatic carbocycles. The summed E-state index contributed by atoms with van der Waals surface area (Å²) in [7, 11) is 1.41. The zero-order valence-electron chi connectivity index (χ0n) is 8.90. The fourth-order valence-corrected chi connectivity index (χ4v) is 1.92. The van der Waals surface area contributed by atoms with Crippen molar-refractivity contribution in [3.8, 4) is 0 Å². The minimum Gasteiger partial charge on any atom is -0.465 e. The second-order valence-corrected chi connectivity index (χ2v) is 3.74. The fourth-order valence-electron chi connectivity index (χ4n) is 1.92. The maximum atomic E-state index is 11.3. The van der Waals surface area contributed by atoms with Gasteiger partial charge in [-0.2, -0.15) is 0 Å². The van der Waals surface area contributed by atoms with Crippen molar-refractivity contribution in [3.05, 3.63) is 29.8 Å². The fraction of sp³-hybridized carbons (Fsp3) is 0.417. The van der Waals surface area contributed by atoms with Crippen molar-refractivity contribution in [2.75, 3.05) is 25.1 Å². The van der Waals surface area contributed by atoms with E-state index in [0.29, 0.717) is 5.56 Å².